The highest BCUT2D eigenvalue weighted by Gasteiger charge is 2.21. The van der Waals surface area contributed by atoms with Crippen LogP contribution in [-0.4, -0.2) is 10.6 Å². The predicted molar refractivity (Wildman–Crippen MR) is 126 cm³/mol. The van der Waals surface area contributed by atoms with Crippen molar-refractivity contribution in [2.45, 2.75) is 39.7 Å². The zero-order valence-electron chi connectivity index (χ0n) is 18.6. The lowest BCUT2D eigenvalue weighted by Crippen LogP contribution is -2.22. The number of fused-ring (bicyclic) bond motifs is 2. The van der Waals surface area contributed by atoms with Crippen molar-refractivity contribution in [3.8, 4) is 17.2 Å². The molecule has 3 aromatic heterocycles. The van der Waals surface area contributed by atoms with E-state index in [2.05, 4.69) is 4.98 Å². The van der Waals surface area contributed by atoms with Gasteiger partial charge in [0.15, 0.2) is 11.3 Å². The fourth-order valence-electron chi connectivity index (χ4n) is 3.98. The first kappa shape index (κ1) is 20.2. The second-order valence-electron chi connectivity index (χ2n) is 9.13. The first-order valence-electron chi connectivity index (χ1n) is 10.7. The Kier molecular flexibility index (Phi) is 4.70. The average molecular weight is 428 g/mol. The lowest BCUT2D eigenvalue weighted by molar-refractivity contribution is 0.131. The molecule has 1 N–H and O–H groups in total. The van der Waals surface area contributed by atoms with Gasteiger partial charge in [0.25, 0.3) is 0 Å². The Bertz CT molecular complexity index is 1460. The predicted octanol–water partition coefficient (Wildman–Crippen LogP) is 6.61. The van der Waals surface area contributed by atoms with E-state index in [4.69, 9.17) is 13.6 Å². The van der Waals surface area contributed by atoms with Crippen LogP contribution < -0.4 is 10.2 Å². The molecule has 0 radical (unpaired) electrons. The third kappa shape index (κ3) is 3.71. The Morgan fingerprint density at radius 3 is 2.50 bits per heavy atom. The highest BCUT2D eigenvalue weighted by molar-refractivity contribution is 5.99. The molecule has 5 aromatic rings. The van der Waals surface area contributed by atoms with Gasteiger partial charge in [-0.1, -0.05) is 23.8 Å². The fraction of sp³-hybridized carbons (Fsp3) is 0.222. The number of aromatic amines is 1. The molecule has 162 valence electrons. The van der Waals surface area contributed by atoms with Gasteiger partial charge in [0.05, 0.1) is 28.4 Å². The van der Waals surface area contributed by atoms with E-state index in [0.29, 0.717) is 39.8 Å². The maximum Gasteiger partial charge on any atom is 0.202 e. The van der Waals surface area contributed by atoms with Gasteiger partial charge < -0.3 is 18.6 Å². The van der Waals surface area contributed by atoms with Crippen molar-refractivity contribution in [3.63, 3.8) is 0 Å². The highest BCUT2D eigenvalue weighted by Crippen LogP contribution is 2.33. The number of ether oxygens (including phenoxy) is 1. The van der Waals surface area contributed by atoms with E-state index in [0.717, 1.165) is 22.6 Å². The first-order chi connectivity index (χ1) is 15.3. The molecular formula is C27H25NO4. The number of furan rings is 1. The van der Waals surface area contributed by atoms with Crippen LogP contribution in [0.4, 0.5) is 0 Å². The SMILES string of the molecule is Cc1ccc2oc3c(Cc4ccc(OC(C)(C)C)cc4)[nH]c(-c4ccco4)c3c(=O)c2c1. The number of rotatable bonds is 4. The van der Waals surface area contributed by atoms with Crippen molar-refractivity contribution in [1.82, 2.24) is 4.98 Å². The molecule has 5 heteroatoms. The number of hydrogen-bond acceptors (Lipinski definition) is 4. The van der Waals surface area contributed by atoms with Crippen molar-refractivity contribution < 1.29 is 13.6 Å². The number of nitrogens with one attached hydrogen (secondary N) is 1. The Morgan fingerprint density at radius 1 is 1.03 bits per heavy atom. The summed E-state index contributed by atoms with van der Waals surface area (Å²) < 4.78 is 17.8. The van der Waals surface area contributed by atoms with Gasteiger partial charge in [0.1, 0.15) is 16.9 Å². The van der Waals surface area contributed by atoms with E-state index < -0.39 is 0 Å². The van der Waals surface area contributed by atoms with Crippen LogP contribution in [0, 0.1) is 6.92 Å². The second kappa shape index (κ2) is 7.45. The molecule has 0 aliphatic rings. The minimum atomic E-state index is -0.252. The van der Waals surface area contributed by atoms with Crippen molar-refractivity contribution in [2.24, 2.45) is 0 Å². The zero-order chi connectivity index (χ0) is 22.5. The third-order valence-electron chi connectivity index (χ3n) is 5.34. The van der Waals surface area contributed by atoms with Crippen molar-refractivity contribution in [1.29, 1.82) is 0 Å². The second-order valence-corrected chi connectivity index (χ2v) is 9.13. The highest BCUT2D eigenvalue weighted by atomic mass is 16.5. The van der Waals surface area contributed by atoms with Crippen LogP contribution in [0.2, 0.25) is 0 Å². The topological polar surface area (TPSA) is 68.4 Å². The summed E-state index contributed by atoms with van der Waals surface area (Å²) in [6.45, 7) is 8.04. The van der Waals surface area contributed by atoms with Gasteiger partial charge in [-0.3, -0.25) is 4.79 Å². The third-order valence-corrected chi connectivity index (χ3v) is 5.34. The molecule has 0 saturated carbocycles. The van der Waals surface area contributed by atoms with Crippen molar-refractivity contribution in [3.05, 3.63) is 87.9 Å². The van der Waals surface area contributed by atoms with Gasteiger partial charge >= 0.3 is 0 Å². The van der Waals surface area contributed by atoms with E-state index in [-0.39, 0.29) is 11.0 Å². The van der Waals surface area contributed by atoms with Gasteiger partial charge in [0.2, 0.25) is 5.43 Å². The summed E-state index contributed by atoms with van der Waals surface area (Å²) in [6.07, 6.45) is 2.18. The minimum absolute atomic E-state index is 0.0622. The molecule has 0 atom stereocenters. The molecule has 0 spiro atoms. The maximum absolute atomic E-state index is 13.5. The molecule has 0 fully saturated rings. The van der Waals surface area contributed by atoms with Gasteiger partial charge in [-0.05, 0) is 69.7 Å². The average Bonchev–Trinajstić information content (AvgIpc) is 3.38. The molecule has 0 bridgehead atoms. The van der Waals surface area contributed by atoms with E-state index >= 15 is 0 Å². The minimum Gasteiger partial charge on any atom is -0.488 e. The van der Waals surface area contributed by atoms with Crippen LogP contribution in [0.3, 0.4) is 0 Å². The largest absolute Gasteiger partial charge is 0.488 e. The monoisotopic (exact) mass is 427 g/mol. The Morgan fingerprint density at radius 2 is 1.81 bits per heavy atom. The Labute approximate surface area is 185 Å². The van der Waals surface area contributed by atoms with Crippen molar-refractivity contribution >= 4 is 21.9 Å². The summed E-state index contributed by atoms with van der Waals surface area (Å²) in [6, 6.07) is 17.3. The smallest absolute Gasteiger partial charge is 0.202 e. The van der Waals surface area contributed by atoms with E-state index in [1.165, 1.54) is 0 Å². The summed E-state index contributed by atoms with van der Waals surface area (Å²) in [5.74, 6) is 1.43. The summed E-state index contributed by atoms with van der Waals surface area (Å²) >= 11 is 0. The van der Waals surface area contributed by atoms with Crippen LogP contribution in [0.5, 0.6) is 5.75 Å². The molecule has 32 heavy (non-hydrogen) atoms. The molecule has 0 aliphatic carbocycles. The van der Waals surface area contributed by atoms with Gasteiger partial charge in [0, 0.05) is 6.42 Å². The van der Waals surface area contributed by atoms with Crippen LogP contribution in [0.25, 0.3) is 33.4 Å². The summed E-state index contributed by atoms with van der Waals surface area (Å²) in [7, 11) is 0. The lowest BCUT2D eigenvalue weighted by atomic mass is 10.1. The van der Waals surface area contributed by atoms with Gasteiger partial charge in [-0.15, -0.1) is 0 Å². The number of benzene rings is 2. The summed E-state index contributed by atoms with van der Waals surface area (Å²) in [5, 5.41) is 1.08. The number of hydrogen-bond donors (Lipinski definition) is 1. The normalized spacial score (nSPS) is 12.0. The molecule has 0 unspecified atom stereocenters. The Balaban J connectivity index is 1.64. The quantitative estimate of drug-likeness (QED) is 0.350. The van der Waals surface area contributed by atoms with Crippen LogP contribution in [-0.2, 0) is 6.42 Å². The fourth-order valence-corrected chi connectivity index (χ4v) is 3.98. The Hall–Kier alpha value is -3.73. The molecule has 3 heterocycles. The standard InChI is InChI=1S/C27H25NO4/c1-16-7-12-21-19(14-16)25(29)23-24(22-6-5-13-30-22)28-20(26(23)31-21)15-17-8-10-18(11-9-17)32-27(2,3)4/h5-14,28H,15H2,1-4H3. The van der Waals surface area contributed by atoms with Crippen LogP contribution in [0.15, 0.2) is 74.5 Å². The van der Waals surface area contributed by atoms with Crippen LogP contribution in [0.1, 0.15) is 37.6 Å². The molecule has 0 amide bonds. The number of aromatic nitrogens is 1. The maximum atomic E-state index is 13.5. The molecule has 0 aliphatic heterocycles. The molecule has 5 rings (SSSR count). The van der Waals surface area contributed by atoms with E-state index in [1.54, 1.807) is 6.26 Å². The summed E-state index contributed by atoms with van der Waals surface area (Å²) in [5.41, 5.74) is 4.39. The van der Waals surface area contributed by atoms with Gasteiger partial charge in [-0.2, -0.15) is 0 Å². The number of aryl methyl sites for hydroxylation is 1. The van der Waals surface area contributed by atoms with Gasteiger partial charge in [-0.25, -0.2) is 0 Å². The molecule has 5 nitrogen and oxygen atoms in total. The summed E-state index contributed by atoms with van der Waals surface area (Å²) in [4.78, 5) is 16.9. The molecule has 0 saturated heterocycles. The molecule has 2 aromatic carbocycles. The van der Waals surface area contributed by atoms with E-state index in [1.807, 2.05) is 82.3 Å². The van der Waals surface area contributed by atoms with Crippen molar-refractivity contribution in [2.75, 3.05) is 0 Å². The van der Waals surface area contributed by atoms with Crippen LogP contribution >= 0.6 is 0 Å². The molecular weight excluding hydrogens is 402 g/mol. The lowest BCUT2D eigenvalue weighted by Gasteiger charge is -2.21. The van der Waals surface area contributed by atoms with E-state index in [9.17, 15) is 4.79 Å². The first-order valence-corrected chi connectivity index (χ1v) is 10.7. The zero-order valence-corrected chi connectivity index (χ0v) is 18.6. The number of H-pyrrole nitrogens is 1.